The van der Waals surface area contributed by atoms with Crippen LogP contribution in [0, 0.1) is 0 Å². The third-order valence-corrected chi connectivity index (χ3v) is 6.32. The highest BCUT2D eigenvalue weighted by Crippen LogP contribution is 2.25. The fraction of sp³-hybridized carbons (Fsp3) is 0.520. The van der Waals surface area contributed by atoms with Gasteiger partial charge in [-0.15, -0.1) is 0 Å². The lowest BCUT2D eigenvalue weighted by Gasteiger charge is -2.24. The predicted molar refractivity (Wildman–Crippen MR) is 119 cm³/mol. The molecule has 0 N–H and O–H groups in total. The lowest BCUT2D eigenvalue weighted by Crippen LogP contribution is -2.31. The van der Waals surface area contributed by atoms with E-state index in [2.05, 4.69) is 58.3 Å². The molecule has 6 rings (SSSR count). The summed E-state index contributed by atoms with van der Waals surface area (Å²) in [5, 5.41) is 0. The molecule has 31 heavy (non-hydrogen) atoms. The molecule has 0 saturated carbocycles. The van der Waals surface area contributed by atoms with Gasteiger partial charge in [0.05, 0.1) is 50.8 Å². The molecule has 3 unspecified atom stereocenters. The maximum atomic E-state index is 5.44. The molecule has 0 bridgehead atoms. The second-order valence-electron chi connectivity index (χ2n) is 9.14. The Morgan fingerprint density at radius 1 is 0.516 bits per heavy atom. The van der Waals surface area contributed by atoms with Gasteiger partial charge in [-0.05, 0) is 41.8 Å². The second-order valence-corrected chi connectivity index (χ2v) is 9.14. The van der Waals surface area contributed by atoms with Gasteiger partial charge in [-0.3, -0.25) is 0 Å². The molecule has 4 aliphatic rings. The first kappa shape index (κ1) is 19.6. The number of hydrogen-bond donors (Lipinski definition) is 0. The van der Waals surface area contributed by atoms with Gasteiger partial charge in [-0.1, -0.05) is 24.3 Å². The first-order valence-corrected chi connectivity index (χ1v) is 11.4. The van der Waals surface area contributed by atoms with Crippen LogP contribution in [0.25, 0.3) is 0 Å². The molecule has 4 fully saturated rings. The van der Waals surface area contributed by atoms with Gasteiger partial charge in [0.1, 0.15) is 0 Å². The van der Waals surface area contributed by atoms with E-state index in [4.69, 9.17) is 18.9 Å². The Bertz CT molecular complexity index is 770. The first-order chi connectivity index (χ1) is 15.3. The summed E-state index contributed by atoms with van der Waals surface area (Å²) in [6.45, 7) is 7.35. The number of hydrogen-bond acceptors (Lipinski definition) is 6. The Morgan fingerprint density at radius 2 is 0.806 bits per heavy atom. The van der Waals surface area contributed by atoms with Crippen LogP contribution in [0.15, 0.2) is 48.5 Å². The van der Waals surface area contributed by atoms with Crippen molar-refractivity contribution in [1.29, 1.82) is 0 Å². The lowest BCUT2D eigenvalue weighted by atomic mass is 10.0. The molecule has 0 aliphatic carbocycles. The first-order valence-electron chi connectivity index (χ1n) is 11.4. The molecule has 4 atom stereocenters. The highest BCUT2D eigenvalue weighted by molar-refractivity contribution is 5.51. The molecular formula is C25H30N2O4. The molecule has 0 amide bonds. The van der Waals surface area contributed by atoms with Gasteiger partial charge in [0.25, 0.3) is 0 Å². The second kappa shape index (κ2) is 8.43. The van der Waals surface area contributed by atoms with Gasteiger partial charge in [0, 0.05) is 37.6 Å². The molecule has 6 nitrogen and oxygen atoms in total. The fourth-order valence-electron chi connectivity index (χ4n) is 4.13. The van der Waals surface area contributed by atoms with Crippen LogP contribution < -0.4 is 9.80 Å². The van der Waals surface area contributed by atoms with Crippen LogP contribution in [0.3, 0.4) is 0 Å². The minimum Gasteiger partial charge on any atom is -0.371 e. The quantitative estimate of drug-likeness (QED) is 0.490. The fourth-order valence-corrected chi connectivity index (χ4v) is 4.13. The summed E-state index contributed by atoms with van der Waals surface area (Å²) in [5.41, 5.74) is 5.17. The van der Waals surface area contributed by atoms with Gasteiger partial charge >= 0.3 is 0 Å². The zero-order valence-corrected chi connectivity index (χ0v) is 17.8. The number of anilines is 2. The topological polar surface area (TPSA) is 56.6 Å². The summed E-state index contributed by atoms with van der Waals surface area (Å²) in [7, 11) is 0. The Hall–Kier alpha value is -2.12. The van der Waals surface area contributed by atoms with Crippen molar-refractivity contribution in [1.82, 2.24) is 0 Å². The summed E-state index contributed by atoms with van der Waals surface area (Å²) in [6.07, 6.45) is 2.48. The van der Waals surface area contributed by atoms with Crippen LogP contribution in [0.5, 0.6) is 0 Å². The molecule has 164 valence electrons. The maximum absolute atomic E-state index is 5.44. The molecule has 0 spiro atoms. The van der Waals surface area contributed by atoms with Gasteiger partial charge in [0.15, 0.2) is 0 Å². The normalized spacial score (nSPS) is 27.6. The van der Waals surface area contributed by atoms with E-state index in [1.807, 2.05) is 0 Å². The van der Waals surface area contributed by atoms with Gasteiger partial charge in [-0.25, -0.2) is 0 Å². The zero-order chi connectivity index (χ0) is 20.6. The Labute approximate surface area is 183 Å². The van der Waals surface area contributed by atoms with E-state index in [9.17, 15) is 0 Å². The van der Waals surface area contributed by atoms with Crippen molar-refractivity contribution in [3.05, 3.63) is 59.7 Å². The van der Waals surface area contributed by atoms with Crippen molar-refractivity contribution in [3.8, 4) is 0 Å². The minimum atomic E-state index is 0.384. The van der Waals surface area contributed by atoms with Gasteiger partial charge in [0.2, 0.25) is 0 Å². The van der Waals surface area contributed by atoms with Crippen molar-refractivity contribution in [3.63, 3.8) is 0 Å². The van der Waals surface area contributed by atoms with Gasteiger partial charge in [-0.2, -0.15) is 0 Å². The van der Waals surface area contributed by atoms with Crippen molar-refractivity contribution in [2.45, 2.75) is 30.8 Å². The summed E-state index contributed by atoms with van der Waals surface area (Å²) in [4.78, 5) is 4.80. The summed E-state index contributed by atoms with van der Waals surface area (Å²) in [6, 6.07) is 17.9. The summed E-state index contributed by atoms with van der Waals surface area (Å²) in [5.74, 6) is 0. The number of rotatable bonds is 12. The smallest absolute Gasteiger partial charge is 0.0984 e. The van der Waals surface area contributed by atoms with Crippen LogP contribution in [0.4, 0.5) is 11.4 Å². The van der Waals surface area contributed by atoms with Crippen LogP contribution in [-0.2, 0) is 25.4 Å². The van der Waals surface area contributed by atoms with Crippen LogP contribution >= 0.6 is 0 Å². The van der Waals surface area contributed by atoms with Crippen LogP contribution in [0.1, 0.15) is 11.1 Å². The number of nitrogens with zero attached hydrogens (tertiary/aromatic N) is 2. The summed E-state index contributed by atoms with van der Waals surface area (Å²) < 4.78 is 21.8. The molecule has 4 aliphatic heterocycles. The number of benzene rings is 2. The molecule has 0 radical (unpaired) electrons. The molecule has 6 heteroatoms. The molecule has 2 aromatic carbocycles. The van der Waals surface area contributed by atoms with E-state index in [-0.39, 0.29) is 0 Å². The zero-order valence-electron chi connectivity index (χ0n) is 17.8. The van der Waals surface area contributed by atoms with Crippen molar-refractivity contribution in [2.75, 3.05) is 62.4 Å². The van der Waals surface area contributed by atoms with Crippen LogP contribution in [-0.4, -0.2) is 77.0 Å². The van der Waals surface area contributed by atoms with Crippen LogP contribution in [0.2, 0.25) is 0 Å². The third kappa shape index (κ3) is 5.57. The minimum absolute atomic E-state index is 0.384. The molecule has 0 aromatic heterocycles. The number of epoxide rings is 4. The Balaban J connectivity index is 1.08. The summed E-state index contributed by atoms with van der Waals surface area (Å²) >= 11 is 0. The SMILES string of the molecule is c1cc(N(CC2CO2)CC2CO2)ccc1Cc1ccc(N(CC2CO2)C[C@H]2CO2)cc1. The largest absolute Gasteiger partial charge is 0.371 e. The standard InChI is InChI=1S/C25H30N2O4/c1-5-20(26(10-22-14-28-22)11-23-15-29-23)6-2-18(1)9-19-3-7-21(8-4-19)27(12-24-16-30-24)13-25-17-31-25/h1-8,22-25H,9-17H2/t22-,23?,24?,25?/m0/s1. The van der Waals surface area contributed by atoms with E-state index in [1.54, 1.807) is 0 Å². The van der Waals surface area contributed by atoms with E-state index < -0.39 is 0 Å². The average molecular weight is 423 g/mol. The molecule has 4 saturated heterocycles. The number of ether oxygens (including phenoxy) is 4. The average Bonchev–Trinajstić information content (AvgIpc) is 3.63. The van der Waals surface area contributed by atoms with Crippen molar-refractivity contribution in [2.24, 2.45) is 0 Å². The lowest BCUT2D eigenvalue weighted by molar-refractivity contribution is 0.388. The Morgan fingerprint density at radius 3 is 1.06 bits per heavy atom. The maximum Gasteiger partial charge on any atom is 0.0984 e. The molecular weight excluding hydrogens is 392 g/mol. The Kier molecular flexibility index (Phi) is 5.32. The third-order valence-electron chi connectivity index (χ3n) is 6.32. The van der Waals surface area contributed by atoms with E-state index in [0.717, 1.165) is 59.0 Å². The highest BCUT2D eigenvalue weighted by Gasteiger charge is 2.32. The monoisotopic (exact) mass is 422 g/mol. The van der Waals surface area contributed by atoms with E-state index in [0.29, 0.717) is 24.4 Å². The van der Waals surface area contributed by atoms with Crippen molar-refractivity contribution < 1.29 is 18.9 Å². The van der Waals surface area contributed by atoms with E-state index in [1.165, 1.54) is 22.5 Å². The molecule has 4 heterocycles. The van der Waals surface area contributed by atoms with Crippen molar-refractivity contribution >= 4 is 11.4 Å². The van der Waals surface area contributed by atoms with E-state index >= 15 is 0 Å². The highest BCUT2D eigenvalue weighted by atomic mass is 16.6. The predicted octanol–water partition coefficient (Wildman–Crippen LogP) is 2.49. The molecule has 2 aromatic rings. The van der Waals surface area contributed by atoms with Gasteiger partial charge < -0.3 is 28.7 Å².